The van der Waals surface area contributed by atoms with E-state index >= 15 is 0 Å². The van der Waals surface area contributed by atoms with Crippen molar-refractivity contribution in [1.82, 2.24) is 15.5 Å². The van der Waals surface area contributed by atoms with Crippen molar-refractivity contribution in [2.45, 2.75) is 84.5 Å². The first-order chi connectivity index (χ1) is 16.2. The fraction of sp³-hybridized carbons (Fsp3) is 0.593. The highest BCUT2D eigenvalue weighted by atomic mass is 32.2. The van der Waals surface area contributed by atoms with Crippen molar-refractivity contribution in [2.75, 3.05) is 18.6 Å². The molecule has 2 atom stereocenters. The first-order valence-corrected chi connectivity index (χ1v) is 13.4. The molecule has 0 saturated carbocycles. The summed E-state index contributed by atoms with van der Waals surface area (Å²) in [6.45, 7) is 17.2. The van der Waals surface area contributed by atoms with Crippen molar-refractivity contribution in [3.63, 3.8) is 0 Å². The van der Waals surface area contributed by atoms with Gasteiger partial charge in [-0.15, -0.1) is 0 Å². The van der Waals surface area contributed by atoms with Crippen LogP contribution in [0.4, 0.5) is 4.79 Å². The van der Waals surface area contributed by atoms with Crippen LogP contribution in [0.3, 0.4) is 0 Å². The van der Waals surface area contributed by atoms with Gasteiger partial charge in [0, 0.05) is 12.1 Å². The molecule has 2 unspecified atom stereocenters. The van der Waals surface area contributed by atoms with Crippen molar-refractivity contribution in [2.24, 2.45) is 0 Å². The number of hydrogen-bond acceptors (Lipinski definition) is 5. The van der Waals surface area contributed by atoms with Crippen LogP contribution in [0.1, 0.15) is 78.5 Å². The van der Waals surface area contributed by atoms with Crippen LogP contribution in [-0.4, -0.2) is 58.5 Å². The van der Waals surface area contributed by atoms with Gasteiger partial charge in [-0.1, -0.05) is 37.8 Å². The minimum atomic E-state index is -0.862. The number of nitrogens with zero attached hydrogens (tertiary/aromatic N) is 1. The highest BCUT2D eigenvalue weighted by Gasteiger charge is 2.36. The van der Waals surface area contributed by atoms with Gasteiger partial charge in [0.25, 0.3) is 0 Å². The first kappa shape index (κ1) is 30.6. The van der Waals surface area contributed by atoms with Crippen LogP contribution in [0.15, 0.2) is 30.8 Å². The topological polar surface area (TPSA) is 87.7 Å². The van der Waals surface area contributed by atoms with E-state index in [1.54, 1.807) is 43.5 Å². The largest absolute Gasteiger partial charge is 0.444 e. The highest BCUT2D eigenvalue weighted by molar-refractivity contribution is 7.98. The van der Waals surface area contributed by atoms with Crippen LogP contribution in [-0.2, 0) is 14.3 Å². The Morgan fingerprint density at radius 3 is 2.34 bits per heavy atom. The van der Waals surface area contributed by atoms with Crippen LogP contribution in [0.2, 0.25) is 0 Å². The van der Waals surface area contributed by atoms with Crippen molar-refractivity contribution in [3.05, 3.63) is 42.0 Å². The molecule has 8 heteroatoms. The molecule has 0 aromatic heterocycles. The predicted octanol–water partition coefficient (Wildman–Crippen LogP) is 5.17. The summed E-state index contributed by atoms with van der Waals surface area (Å²) in [6, 6.07) is 5.77. The zero-order valence-corrected chi connectivity index (χ0v) is 23.4. The Hall–Kier alpha value is -2.48. The summed E-state index contributed by atoms with van der Waals surface area (Å²) in [5.41, 5.74) is 0.359. The molecule has 0 aliphatic rings. The fourth-order valence-corrected chi connectivity index (χ4v) is 3.99. The number of benzene rings is 1. The molecule has 0 heterocycles. The standard InChI is InChI=1S/C27H43N3O4S/c1-10-16-30(24(32)21(15-17-35-9)28-25(33)34-27(6,7)8)22(23(31)29-26(3,4)5)20-14-12-13-19(11-2)18-20/h11-14,18,21-22H,2,10,15-17H2,1,3-9H3,(H,28,33)(H,29,31). The Balaban J connectivity index is 3.47. The third-order valence-electron chi connectivity index (χ3n) is 4.87. The molecular weight excluding hydrogens is 462 g/mol. The van der Waals surface area contributed by atoms with Crippen LogP contribution in [0, 0.1) is 0 Å². The number of alkyl carbamates (subject to hydrolysis) is 1. The second-order valence-corrected chi connectivity index (χ2v) is 11.5. The zero-order valence-electron chi connectivity index (χ0n) is 22.6. The summed E-state index contributed by atoms with van der Waals surface area (Å²) in [5, 5.41) is 5.78. The Morgan fingerprint density at radius 2 is 1.83 bits per heavy atom. The first-order valence-electron chi connectivity index (χ1n) is 12.1. The maximum atomic E-state index is 13.9. The summed E-state index contributed by atoms with van der Waals surface area (Å²) in [6.07, 6.45) is 4.06. The Bertz CT molecular complexity index is 874. The number of ether oxygens (including phenoxy) is 1. The van der Waals surface area contributed by atoms with Gasteiger partial charge >= 0.3 is 6.09 Å². The van der Waals surface area contributed by atoms with Gasteiger partial charge in [-0.25, -0.2) is 4.79 Å². The molecule has 0 aliphatic carbocycles. The van der Waals surface area contributed by atoms with Gasteiger partial charge in [0.15, 0.2) is 0 Å². The zero-order chi connectivity index (χ0) is 26.8. The minimum absolute atomic E-state index is 0.276. The molecule has 0 spiro atoms. The Kier molecular flexibility index (Phi) is 11.8. The molecule has 0 fully saturated rings. The van der Waals surface area contributed by atoms with Gasteiger partial charge in [-0.2, -0.15) is 11.8 Å². The Morgan fingerprint density at radius 1 is 1.17 bits per heavy atom. The van der Waals surface area contributed by atoms with Crippen LogP contribution in [0.25, 0.3) is 6.08 Å². The molecule has 0 aliphatic heterocycles. The van der Waals surface area contributed by atoms with Crippen LogP contribution < -0.4 is 10.6 Å². The van der Waals surface area contributed by atoms with E-state index in [1.807, 2.05) is 58.2 Å². The summed E-state index contributed by atoms with van der Waals surface area (Å²) >= 11 is 1.58. The predicted molar refractivity (Wildman–Crippen MR) is 145 cm³/mol. The maximum Gasteiger partial charge on any atom is 0.408 e. The fourth-order valence-electron chi connectivity index (χ4n) is 3.52. The van der Waals surface area contributed by atoms with Crippen LogP contribution in [0.5, 0.6) is 0 Å². The van der Waals surface area contributed by atoms with Crippen LogP contribution >= 0.6 is 11.8 Å². The van der Waals surface area contributed by atoms with E-state index in [4.69, 9.17) is 4.74 Å². The van der Waals surface area contributed by atoms with Gasteiger partial charge < -0.3 is 20.3 Å². The lowest BCUT2D eigenvalue weighted by Gasteiger charge is -2.36. The lowest BCUT2D eigenvalue weighted by molar-refractivity contribution is -0.143. The van der Waals surface area contributed by atoms with E-state index in [9.17, 15) is 14.4 Å². The molecule has 0 saturated heterocycles. The van der Waals surface area contributed by atoms with E-state index in [0.717, 1.165) is 5.56 Å². The Labute approximate surface area is 215 Å². The molecule has 35 heavy (non-hydrogen) atoms. The summed E-state index contributed by atoms with van der Waals surface area (Å²) in [4.78, 5) is 41.6. The molecule has 1 aromatic carbocycles. The lowest BCUT2D eigenvalue weighted by Crippen LogP contribution is -2.55. The van der Waals surface area contributed by atoms with E-state index in [0.29, 0.717) is 30.7 Å². The van der Waals surface area contributed by atoms with Crippen molar-refractivity contribution in [1.29, 1.82) is 0 Å². The third-order valence-corrected chi connectivity index (χ3v) is 5.51. The molecule has 0 bridgehead atoms. The number of rotatable bonds is 11. The van der Waals surface area contributed by atoms with Gasteiger partial charge in [-0.05, 0) is 83.6 Å². The molecule has 3 amide bonds. The number of amides is 3. The monoisotopic (exact) mass is 505 g/mol. The number of carbonyl (C=O) groups excluding carboxylic acids is 3. The van der Waals surface area contributed by atoms with Gasteiger partial charge in [0.1, 0.15) is 17.7 Å². The van der Waals surface area contributed by atoms with E-state index in [2.05, 4.69) is 17.2 Å². The molecule has 7 nitrogen and oxygen atoms in total. The number of thioether (sulfide) groups is 1. The molecule has 0 radical (unpaired) electrons. The van der Waals surface area contributed by atoms with Crippen molar-refractivity contribution >= 4 is 35.7 Å². The number of nitrogens with one attached hydrogen (secondary N) is 2. The second-order valence-electron chi connectivity index (χ2n) is 10.5. The van der Waals surface area contributed by atoms with E-state index in [1.165, 1.54) is 0 Å². The highest BCUT2D eigenvalue weighted by Crippen LogP contribution is 2.26. The summed E-state index contributed by atoms with van der Waals surface area (Å²) < 4.78 is 5.41. The molecule has 1 aromatic rings. The second kappa shape index (κ2) is 13.6. The van der Waals surface area contributed by atoms with Gasteiger partial charge in [-0.3, -0.25) is 9.59 Å². The van der Waals surface area contributed by atoms with Gasteiger partial charge in [0.05, 0.1) is 0 Å². The normalized spacial score (nSPS) is 13.4. The summed E-state index contributed by atoms with van der Waals surface area (Å²) in [7, 11) is 0. The maximum absolute atomic E-state index is 13.9. The summed E-state index contributed by atoms with van der Waals surface area (Å²) in [5.74, 6) is 0.0722. The number of carbonyl (C=O) groups is 3. The van der Waals surface area contributed by atoms with E-state index in [-0.39, 0.29) is 11.8 Å². The third kappa shape index (κ3) is 10.8. The molecular formula is C27H43N3O4S. The van der Waals surface area contributed by atoms with Crippen molar-refractivity contribution < 1.29 is 19.1 Å². The lowest BCUT2D eigenvalue weighted by atomic mass is 9.98. The average Bonchev–Trinajstić information content (AvgIpc) is 2.73. The molecule has 196 valence electrons. The molecule has 2 N–H and O–H groups in total. The van der Waals surface area contributed by atoms with Crippen molar-refractivity contribution in [3.8, 4) is 0 Å². The van der Waals surface area contributed by atoms with Gasteiger partial charge in [0.2, 0.25) is 11.8 Å². The quantitative estimate of drug-likeness (QED) is 0.433. The average molecular weight is 506 g/mol. The SMILES string of the molecule is C=Cc1cccc(C(C(=O)NC(C)(C)C)N(CCC)C(=O)C(CCSC)NC(=O)OC(C)(C)C)c1. The minimum Gasteiger partial charge on any atom is -0.444 e. The smallest absolute Gasteiger partial charge is 0.408 e. The molecule has 1 rings (SSSR count). The van der Waals surface area contributed by atoms with E-state index < -0.39 is 29.3 Å². The number of hydrogen-bond donors (Lipinski definition) is 2.